The number of anilines is 1. The molecule has 2 aromatic rings. The number of rotatable bonds is 7. The molecule has 0 radical (unpaired) electrons. The first-order valence-corrected chi connectivity index (χ1v) is 12.1. The van der Waals surface area contributed by atoms with Gasteiger partial charge in [-0.1, -0.05) is 18.2 Å². The molecule has 1 aromatic heterocycles. The predicted octanol–water partition coefficient (Wildman–Crippen LogP) is 3.77. The lowest BCUT2D eigenvalue weighted by Gasteiger charge is -2.45. The summed E-state index contributed by atoms with van der Waals surface area (Å²) in [5.41, 5.74) is 3.53. The molecule has 1 spiro atoms. The smallest absolute Gasteiger partial charge is 0.409 e. The monoisotopic (exact) mass is 454 g/mol. The number of carbonyl (C=O) groups excluding carboxylic acids is 2. The molecule has 1 saturated heterocycles. The molecule has 0 unspecified atom stereocenters. The van der Waals surface area contributed by atoms with Crippen molar-refractivity contribution < 1.29 is 18.7 Å². The Morgan fingerprint density at radius 2 is 1.97 bits per heavy atom. The van der Waals surface area contributed by atoms with E-state index in [0.29, 0.717) is 32.7 Å². The lowest BCUT2D eigenvalue weighted by atomic mass is 9.75. The highest BCUT2D eigenvalue weighted by Crippen LogP contribution is 2.48. The number of benzene rings is 1. The summed E-state index contributed by atoms with van der Waals surface area (Å²) in [4.78, 5) is 34.3. The summed E-state index contributed by atoms with van der Waals surface area (Å²) in [6.45, 7) is 3.56. The third kappa shape index (κ3) is 3.60. The van der Waals surface area contributed by atoms with E-state index in [4.69, 9.17) is 9.72 Å². The van der Waals surface area contributed by atoms with E-state index in [9.17, 15) is 14.0 Å². The lowest BCUT2D eigenvalue weighted by Crippen LogP contribution is -2.65. The Morgan fingerprint density at radius 3 is 2.76 bits per heavy atom. The maximum Gasteiger partial charge on any atom is 0.409 e. The van der Waals surface area contributed by atoms with E-state index in [2.05, 4.69) is 4.57 Å². The minimum absolute atomic E-state index is 0.0144. The van der Waals surface area contributed by atoms with E-state index in [-0.39, 0.29) is 18.7 Å². The van der Waals surface area contributed by atoms with E-state index in [1.807, 2.05) is 29.2 Å². The van der Waals surface area contributed by atoms with Crippen LogP contribution in [0.15, 0.2) is 24.3 Å². The third-order valence-electron chi connectivity index (χ3n) is 7.19. The number of ether oxygens (including phenoxy) is 1. The van der Waals surface area contributed by atoms with Crippen LogP contribution in [0.4, 0.5) is 14.9 Å². The first kappa shape index (κ1) is 21.9. The zero-order valence-corrected chi connectivity index (χ0v) is 19.2. The molecule has 5 rings (SSSR count). The van der Waals surface area contributed by atoms with E-state index < -0.39 is 5.41 Å². The quantitative estimate of drug-likeness (QED) is 0.598. The van der Waals surface area contributed by atoms with Crippen molar-refractivity contribution in [1.82, 2.24) is 14.5 Å². The number of halogens is 1. The number of imidazole rings is 1. The number of hydrogen-bond acceptors (Lipinski definition) is 4. The zero-order chi connectivity index (χ0) is 23.0. The molecule has 2 amide bonds. The summed E-state index contributed by atoms with van der Waals surface area (Å²) in [7, 11) is 0. The highest BCUT2D eigenvalue weighted by molar-refractivity contribution is 6.09. The molecule has 0 bridgehead atoms. The molecule has 1 aliphatic carbocycles. The highest BCUT2D eigenvalue weighted by Gasteiger charge is 2.59. The fourth-order valence-electron chi connectivity index (χ4n) is 5.56. The number of aromatic nitrogens is 2. The molecule has 0 saturated carbocycles. The Kier molecular flexibility index (Phi) is 5.85. The summed E-state index contributed by atoms with van der Waals surface area (Å²) < 4.78 is 20.1. The number of alkyl halides is 1. The van der Waals surface area contributed by atoms with E-state index in [1.165, 1.54) is 5.69 Å². The van der Waals surface area contributed by atoms with Crippen LogP contribution in [0.5, 0.6) is 0 Å². The Labute approximate surface area is 193 Å². The maximum absolute atomic E-state index is 13.8. The summed E-state index contributed by atoms with van der Waals surface area (Å²) >= 11 is 0. The summed E-state index contributed by atoms with van der Waals surface area (Å²) in [6, 6.07) is 7.86. The third-order valence-corrected chi connectivity index (χ3v) is 7.19. The number of nitrogens with zero attached hydrogens (tertiary/aromatic N) is 4. The molecule has 0 N–H and O–H groups in total. The standard InChI is InChI=1S/C25H31FN4O3/c1-2-33-24(32)28-16-25(17-28)18-9-3-5-11-20(18)30(23(25)31)15-22-27-19-10-4-6-12-21(19)29(22)14-8-7-13-26/h3,5,9,11H,2,4,6-8,10,12-17H2,1H3. The Bertz CT molecular complexity index is 1060. The van der Waals surface area contributed by atoms with Crippen LogP contribution in [0.25, 0.3) is 0 Å². The van der Waals surface area contributed by atoms with Gasteiger partial charge < -0.3 is 19.1 Å². The van der Waals surface area contributed by atoms with Gasteiger partial charge in [-0.05, 0) is 57.1 Å². The van der Waals surface area contributed by atoms with Gasteiger partial charge in [0.25, 0.3) is 0 Å². The SMILES string of the molecule is CCOC(=O)N1CC2(C1)C(=O)N(Cc1nc3c(n1CCCCF)CCCC3)c1ccccc12. The fraction of sp³-hybridized carbons (Fsp3) is 0.560. The van der Waals surface area contributed by atoms with Gasteiger partial charge in [-0.25, -0.2) is 9.78 Å². The van der Waals surface area contributed by atoms with Crippen LogP contribution in [0, 0.1) is 0 Å². The van der Waals surface area contributed by atoms with E-state index in [0.717, 1.165) is 61.4 Å². The summed E-state index contributed by atoms with van der Waals surface area (Å²) in [5, 5.41) is 0. The minimum Gasteiger partial charge on any atom is -0.450 e. The number of para-hydroxylation sites is 1. The summed E-state index contributed by atoms with van der Waals surface area (Å²) in [5.74, 6) is 0.892. The van der Waals surface area contributed by atoms with Crippen LogP contribution in [0.1, 0.15) is 55.4 Å². The maximum atomic E-state index is 13.8. The number of fused-ring (bicyclic) bond motifs is 3. The molecule has 1 aromatic carbocycles. The molecule has 7 nitrogen and oxygen atoms in total. The van der Waals surface area contributed by atoms with Gasteiger partial charge >= 0.3 is 6.09 Å². The number of unbranched alkanes of at least 4 members (excludes halogenated alkanes) is 1. The van der Waals surface area contributed by atoms with Crippen LogP contribution in [-0.2, 0) is 40.9 Å². The molecule has 0 atom stereocenters. The topological polar surface area (TPSA) is 67.7 Å². The first-order valence-electron chi connectivity index (χ1n) is 12.1. The summed E-state index contributed by atoms with van der Waals surface area (Å²) in [6.07, 6.45) is 5.14. The molecule has 8 heteroatoms. The molecule has 3 heterocycles. The van der Waals surface area contributed by atoms with Crippen molar-refractivity contribution in [2.24, 2.45) is 0 Å². The Hall–Kier alpha value is -2.90. The molecule has 176 valence electrons. The average molecular weight is 455 g/mol. The van der Waals surface area contributed by atoms with Crippen molar-refractivity contribution in [2.75, 3.05) is 31.3 Å². The fourth-order valence-corrected chi connectivity index (χ4v) is 5.56. The van der Waals surface area contributed by atoms with Crippen molar-refractivity contribution in [2.45, 2.75) is 64.0 Å². The van der Waals surface area contributed by atoms with Crippen LogP contribution in [0.3, 0.4) is 0 Å². The van der Waals surface area contributed by atoms with Gasteiger partial charge in [-0.15, -0.1) is 0 Å². The van der Waals surface area contributed by atoms with Crippen LogP contribution >= 0.6 is 0 Å². The molecular weight excluding hydrogens is 423 g/mol. The zero-order valence-electron chi connectivity index (χ0n) is 19.2. The normalized spacial score (nSPS) is 18.3. The van der Waals surface area contributed by atoms with E-state index >= 15 is 0 Å². The molecular formula is C25H31FN4O3. The van der Waals surface area contributed by atoms with Gasteiger partial charge in [0, 0.05) is 31.0 Å². The minimum atomic E-state index is -0.714. The van der Waals surface area contributed by atoms with Crippen LogP contribution < -0.4 is 4.90 Å². The lowest BCUT2D eigenvalue weighted by molar-refractivity contribution is -0.128. The number of hydrogen-bond donors (Lipinski definition) is 0. The predicted molar refractivity (Wildman–Crippen MR) is 122 cm³/mol. The number of likely N-dealkylation sites (tertiary alicyclic amines) is 1. The van der Waals surface area contributed by atoms with Gasteiger partial charge in [0.1, 0.15) is 11.2 Å². The Morgan fingerprint density at radius 1 is 1.18 bits per heavy atom. The van der Waals surface area contributed by atoms with Gasteiger partial charge in [-0.3, -0.25) is 9.18 Å². The Balaban J connectivity index is 1.43. The van der Waals surface area contributed by atoms with Crippen molar-refractivity contribution in [3.8, 4) is 0 Å². The van der Waals surface area contributed by atoms with Crippen molar-refractivity contribution in [3.05, 3.63) is 47.0 Å². The number of amides is 2. The second-order valence-electron chi connectivity index (χ2n) is 9.22. The van der Waals surface area contributed by atoms with Crippen LogP contribution in [-0.4, -0.2) is 52.8 Å². The number of carbonyl (C=O) groups is 2. The van der Waals surface area contributed by atoms with Crippen molar-refractivity contribution in [1.29, 1.82) is 0 Å². The molecule has 2 aliphatic heterocycles. The van der Waals surface area contributed by atoms with Gasteiger partial charge in [0.05, 0.1) is 25.5 Å². The second-order valence-corrected chi connectivity index (χ2v) is 9.22. The van der Waals surface area contributed by atoms with Crippen LogP contribution in [0.2, 0.25) is 0 Å². The number of aryl methyl sites for hydroxylation is 1. The van der Waals surface area contributed by atoms with E-state index in [1.54, 1.807) is 11.8 Å². The van der Waals surface area contributed by atoms with Gasteiger partial charge in [0.15, 0.2) is 0 Å². The molecule has 3 aliphatic rings. The van der Waals surface area contributed by atoms with Crippen molar-refractivity contribution >= 4 is 17.7 Å². The van der Waals surface area contributed by atoms with Gasteiger partial charge in [-0.2, -0.15) is 0 Å². The highest BCUT2D eigenvalue weighted by atomic mass is 19.1. The average Bonchev–Trinajstić information content (AvgIpc) is 3.26. The second kappa shape index (κ2) is 8.80. The largest absolute Gasteiger partial charge is 0.450 e. The molecule has 33 heavy (non-hydrogen) atoms. The molecule has 1 fully saturated rings. The van der Waals surface area contributed by atoms with Gasteiger partial charge in [0.2, 0.25) is 5.91 Å². The van der Waals surface area contributed by atoms with Crippen molar-refractivity contribution in [3.63, 3.8) is 0 Å². The first-order chi connectivity index (χ1) is 16.1.